The molecule has 0 aliphatic rings. The minimum Gasteiger partial charge on any atom is -0.496 e. The first-order chi connectivity index (χ1) is 9.43. The Morgan fingerprint density at radius 2 is 2.10 bits per heavy atom. The van der Waals surface area contributed by atoms with Crippen molar-refractivity contribution < 1.29 is 29.3 Å². The first-order valence-electron chi connectivity index (χ1n) is 5.82. The molecule has 0 saturated carbocycles. The van der Waals surface area contributed by atoms with Gasteiger partial charge in [-0.15, -0.1) is 11.3 Å². The van der Waals surface area contributed by atoms with Crippen LogP contribution in [0.4, 0.5) is 0 Å². The second-order valence-corrected chi connectivity index (χ2v) is 4.91. The molecule has 0 bridgehead atoms. The molecule has 0 aliphatic carbocycles. The predicted molar refractivity (Wildman–Crippen MR) is 71.2 cm³/mol. The third kappa shape index (κ3) is 4.88. The Hall–Kier alpha value is -2.09. The summed E-state index contributed by atoms with van der Waals surface area (Å²) in [7, 11) is 1.47. The molecular weight excluding hydrogens is 286 g/mol. The molecule has 1 rings (SSSR count). The topological polar surface area (TPSA) is 113 Å². The van der Waals surface area contributed by atoms with Crippen LogP contribution in [0.25, 0.3) is 0 Å². The van der Waals surface area contributed by atoms with Crippen LogP contribution >= 0.6 is 11.3 Å². The monoisotopic (exact) mass is 301 g/mol. The van der Waals surface area contributed by atoms with Gasteiger partial charge >= 0.3 is 11.9 Å². The second-order valence-electron chi connectivity index (χ2n) is 4.00. The summed E-state index contributed by atoms with van der Waals surface area (Å²) in [6, 6.07) is 0.408. The Labute approximate surface area is 119 Å². The first-order valence-corrected chi connectivity index (χ1v) is 6.70. The lowest BCUT2D eigenvalue weighted by Gasteiger charge is -2.13. The number of carboxylic acid groups (broad SMARTS) is 2. The Morgan fingerprint density at radius 1 is 1.40 bits per heavy atom. The average Bonchev–Trinajstić information content (AvgIpc) is 2.85. The van der Waals surface area contributed by atoms with E-state index >= 15 is 0 Å². The number of nitrogens with one attached hydrogen (secondary N) is 1. The Morgan fingerprint density at radius 3 is 2.60 bits per heavy atom. The van der Waals surface area contributed by atoms with Crippen LogP contribution in [-0.2, 0) is 9.59 Å². The fourth-order valence-corrected chi connectivity index (χ4v) is 2.25. The van der Waals surface area contributed by atoms with Gasteiger partial charge in [0.1, 0.15) is 11.8 Å². The summed E-state index contributed by atoms with van der Waals surface area (Å²) in [4.78, 5) is 33.6. The molecule has 1 amide bonds. The first kappa shape index (κ1) is 16.0. The fraction of sp³-hybridized carbons (Fsp3) is 0.417. The SMILES string of the molecule is COc1csc(C(=O)N[C@H](CCCC(=O)O)C(=O)O)c1. The second kappa shape index (κ2) is 7.49. The van der Waals surface area contributed by atoms with Crippen molar-refractivity contribution >= 4 is 29.2 Å². The Kier molecular flexibility index (Phi) is 5.98. The summed E-state index contributed by atoms with van der Waals surface area (Å²) in [5, 5.41) is 21.5. The van der Waals surface area contributed by atoms with Crippen molar-refractivity contribution in [1.29, 1.82) is 0 Å². The maximum Gasteiger partial charge on any atom is 0.326 e. The molecule has 0 aliphatic heterocycles. The standard InChI is InChI=1S/C12H15NO6S/c1-19-7-5-9(20-6-7)11(16)13-8(12(17)18)3-2-4-10(14)15/h5-6,8H,2-4H2,1H3,(H,13,16)(H,14,15)(H,17,18)/t8-/m1/s1. The van der Waals surface area contributed by atoms with E-state index in [-0.39, 0.29) is 19.3 Å². The number of aliphatic carboxylic acids is 2. The van der Waals surface area contributed by atoms with Gasteiger partial charge in [-0.3, -0.25) is 9.59 Å². The average molecular weight is 301 g/mol. The summed E-state index contributed by atoms with van der Waals surface area (Å²) >= 11 is 1.14. The van der Waals surface area contributed by atoms with Crippen LogP contribution in [0.5, 0.6) is 5.75 Å². The zero-order chi connectivity index (χ0) is 15.1. The number of hydrogen-bond donors (Lipinski definition) is 3. The number of thiophene rings is 1. The van der Waals surface area contributed by atoms with Gasteiger partial charge in [-0.25, -0.2) is 4.79 Å². The van der Waals surface area contributed by atoms with E-state index in [1.807, 2.05) is 0 Å². The largest absolute Gasteiger partial charge is 0.496 e. The maximum absolute atomic E-state index is 11.8. The number of rotatable bonds is 8. The predicted octanol–water partition coefficient (Wildman–Crippen LogP) is 1.19. The van der Waals surface area contributed by atoms with Crippen LogP contribution in [0.15, 0.2) is 11.4 Å². The van der Waals surface area contributed by atoms with E-state index in [4.69, 9.17) is 14.9 Å². The molecule has 1 atom stereocenters. The molecular formula is C12H15NO6S. The molecule has 1 heterocycles. The highest BCUT2D eigenvalue weighted by Crippen LogP contribution is 2.21. The molecule has 8 heteroatoms. The van der Waals surface area contributed by atoms with Gasteiger partial charge < -0.3 is 20.3 Å². The third-order valence-corrected chi connectivity index (χ3v) is 3.43. The molecule has 0 fully saturated rings. The van der Waals surface area contributed by atoms with E-state index in [2.05, 4.69) is 5.32 Å². The smallest absolute Gasteiger partial charge is 0.326 e. The zero-order valence-electron chi connectivity index (χ0n) is 10.8. The van der Waals surface area contributed by atoms with Crippen molar-refractivity contribution in [2.75, 3.05) is 7.11 Å². The van der Waals surface area contributed by atoms with Crippen LogP contribution in [-0.4, -0.2) is 41.2 Å². The number of carboxylic acids is 2. The van der Waals surface area contributed by atoms with Gasteiger partial charge in [0, 0.05) is 17.9 Å². The van der Waals surface area contributed by atoms with E-state index in [9.17, 15) is 14.4 Å². The molecule has 3 N–H and O–H groups in total. The number of amides is 1. The van der Waals surface area contributed by atoms with Gasteiger partial charge in [0.05, 0.1) is 12.0 Å². The van der Waals surface area contributed by atoms with Gasteiger partial charge in [-0.1, -0.05) is 0 Å². The lowest BCUT2D eigenvalue weighted by Crippen LogP contribution is -2.40. The highest BCUT2D eigenvalue weighted by Gasteiger charge is 2.21. The van der Waals surface area contributed by atoms with E-state index in [1.54, 1.807) is 5.38 Å². The molecule has 1 aromatic rings. The van der Waals surface area contributed by atoms with Crippen molar-refractivity contribution in [3.63, 3.8) is 0 Å². The maximum atomic E-state index is 11.8. The lowest BCUT2D eigenvalue weighted by atomic mass is 10.1. The van der Waals surface area contributed by atoms with E-state index in [1.165, 1.54) is 13.2 Å². The van der Waals surface area contributed by atoms with Crippen LogP contribution in [0.2, 0.25) is 0 Å². The summed E-state index contributed by atoms with van der Waals surface area (Å²) in [5.74, 6) is -2.17. The summed E-state index contributed by atoms with van der Waals surface area (Å²) in [5.41, 5.74) is 0. The molecule has 0 radical (unpaired) electrons. The van der Waals surface area contributed by atoms with Crippen LogP contribution in [0.1, 0.15) is 28.9 Å². The number of carbonyl (C=O) groups excluding carboxylic acids is 1. The third-order valence-electron chi connectivity index (χ3n) is 2.52. The van der Waals surface area contributed by atoms with Crippen molar-refractivity contribution in [3.05, 3.63) is 16.3 Å². The van der Waals surface area contributed by atoms with Gasteiger partial charge in [-0.2, -0.15) is 0 Å². The Balaban J connectivity index is 2.58. The number of methoxy groups -OCH3 is 1. The summed E-state index contributed by atoms with van der Waals surface area (Å²) < 4.78 is 4.94. The fourth-order valence-electron chi connectivity index (χ4n) is 1.49. The van der Waals surface area contributed by atoms with E-state index in [0.717, 1.165) is 11.3 Å². The van der Waals surface area contributed by atoms with Gasteiger partial charge in [0.15, 0.2) is 0 Å². The minimum atomic E-state index is -1.19. The normalized spacial score (nSPS) is 11.7. The zero-order valence-corrected chi connectivity index (χ0v) is 11.6. The van der Waals surface area contributed by atoms with Crippen LogP contribution in [0.3, 0.4) is 0 Å². The van der Waals surface area contributed by atoms with Gasteiger partial charge in [0.2, 0.25) is 0 Å². The molecule has 0 spiro atoms. The highest BCUT2D eigenvalue weighted by atomic mass is 32.1. The lowest BCUT2D eigenvalue weighted by molar-refractivity contribution is -0.140. The molecule has 1 aromatic heterocycles. The molecule has 0 saturated heterocycles. The number of carbonyl (C=O) groups is 3. The minimum absolute atomic E-state index is 0.0654. The Bertz CT molecular complexity index is 498. The van der Waals surface area contributed by atoms with Crippen molar-refractivity contribution in [2.45, 2.75) is 25.3 Å². The van der Waals surface area contributed by atoms with Crippen LogP contribution < -0.4 is 10.1 Å². The molecule has 0 unspecified atom stereocenters. The summed E-state index contributed by atoms with van der Waals surface area (Å²) in [6.07, 6.45) is 0.114. The van der Waals surface area contributed by atoms with E-state index in [0.29, 0.717) is 10.6 Å². The molecule has 20 heavy (non-hydrogen) atoms. The molecule has 7 nitrogen and oxygen atoms in total. The number of ether oxygens (including phenoxy) is 1. The van der Waals surface area contributed by atoms with E-state index < -0.39 is 23.9 Å². The number of hydrogen-bond acceptors (Lipinski definition) is 5. The molecule has 0 aromatic carbocycles. The molecule has 110 valence electrons. The highest BCUT2D eigenvalue weighted by molar-refractivity contribution is 7.12. The quantitative estimate of drug-likeness (QED) is 0.665. The summed E-state index contributed by atoms with van der Waals surface area (Å²) in [6.45, 7) is 0. The van der Waals surface area contributed by atoms with Crippen molar-refractivity contribution in [2.24, 2.45) is 0 Å². The van der Waals surface area contributed by atoms with Gasteiger partial charge in [-0.05, 0) is 12.8 Å². The van der Waals surface area contributed by atoms with Crippen LogP contribution in [0, 0.1) is 0 Å². The van der Waals surface area contributed by atoms with Gasteiger partial charge in [0.25, 0.3) is 5.91 Å². The van der Waals surface area contributed by atoms with Crippen molar-refractivity contribution in [3.8, 4) is 5.75 Å². The van der Waals surface area contributed by atoms with Crippen molar-refractivity contribution in [1.82, 2.24) is 5.32 Å².